The Morgan fingerprint density at radius 2 is 1.59 bits per heavy atom. The largest absolute Gasteiger partial charge is 0.496 e. The second-order valence-electron chi connectivity index (χ2n) is 9.26. The number of nitro benzene ring substituents is 1. The number of carbonyl (C=O) groups is 2. The van der Waals surface area contributed by atoms with Gasteiger partial charge in [0.15, 0.2) is 5.13 Å². The molecule has 0 fully saturated rings. The quantitative estimate of drug-likeness (QED) is 0.0877. The van der Waals surface area contributed by atoms with Gasteiger partial charge < -0.3 is 20.1 Å². The van der Waals surface area contributed by atoms with Gasteiger partial charge in [-0.25, -0.2) is 4.98 Å². The van der Waals surface area contributed by atoms with Crippen molar-refractivity contribution in [3.05, 3.63) is 124 Å². The number of aromatic nitrogens is 1. The van der Waals surface area contributed by atoms with Gasteiger partial charge in [-0.05, 0) is 35.9 Å². The molecule has 0 aliphatic heterocycles. The van der Waals surface area contributed by atoms with E-state index in [1.54, 1.807) is 53.9 Å². The van der Waals surface area contributed by atoms with Crippen LogP contribution in [-0.4, -0.2) is 35.9 Å². The van der Waals surface area contributed by atoms with E-state index < -0.39 is 16.1 Å². The van der Waals surface area contributed by atoms with Crippen LogP contribution in [-0.2, 0) is 4.79 Å². The zero-order valence-electron chi connectivity index (χ0n) is 23.6. The van der Waals surface area contributed by atoms with Crippen molar-refractivity contribution in [2.24, 2.45) is 0 Å². The molecule has 1 aromatic heterocycles. The Morgan fingerprint density at radius 3 is 2.30 bits per heavy atom. The summed E-state index contributed by atoms with van der Waals surface area (Å²) >= 11 is 2.55. The van der Waals surface area contributed by atoms with Gasteiger partial charge in [-0.15, -0.1) is 23.1 Å². The Bertz CT molecular complexity index is 1790. The molecule has 0 spiro atoms. The lowest BCUT2D eigenvalue weighted by Crippen LogP contribution is -2.19. The highest BCUT2D eigenvalue weighted by Gasteiger charge is 2.24. The van der Waals surface area contributed by atoms with E-state index in [0.717, 1.165) is 10.5 Å². The monoisotopic (exact) mass is 626 g/mol. The number of amides is 2. The Kier molecular flexibility index (Phi) is 9.52. The second kappa shape index (κ2) is 13.8. The van der Waals surface area contributed by atoms with Crippen molar-refractivity contribution in [2.75, 3.05) is 24.9 Å². The Morgan fingerprint density at radius 1 is 0.886 bits per heavy atom. The van der Waals surface area contributed by atoms with E-state index >= 15 is 0 Å². The van der Waals surface area contributed by atoms with Gasteiger partial charge in [0.1, 0.15) is 22.3 Å². The van der Waals surface area contributed by atoms with Gasteiger partial charge in [0.25, 0.3) is 11.6 Å². The van der Waals surface area contributed by atoms with E-state index in [2.05, 4.69) is 15.6 Å². The molecule has 222 valence electrons. The predicted octanol–water partition coefficient (Wildman–Crippen LogP) is 7.46. The number of thiazole rings is 1. The average molecular weight is 627 g/mol. The van der Waals surface area contributed by atoms with Crippen molar-refractivity contribution in [1.29, 1.82) is 0 Å². The van der Waals surface area contributed by atoms with Gasteiger partial charge in [0.05, 0.1) is 24.8 Å². The van der Waals surface area contributed by atoms with Crippen molar-refractivity contribution in [2.45, 2.75) is 10.1 Å². The van der Waals surface area contributed by atoms with Gasteiger partial charge in [-0.1, -0.05) is 54.6 Å². The maximum Gasteiger partial charge on any atom is 0.270 e. The summed E-state index contributed by atoms with van der Waals surface area (Å²) in [6.07, 6.45) is 0. The number of anilines is 2. The number of benzene rings is 4. The van der Waals surface area contributed by atoms with Gasteiger partial charge >= 0.3 is 0 Å². The van der Waals surface area contributed by atoms with Gasteiger partial charge in [-0.3, -0.25) is 19.7 Å². The molecule has 1 unspecified atom stereocenters. The lowest BCUT2D eigenvalue weighted by Gasteiger charge is -2.17. The standard InChI is InChI=1S/C32H26N4O6S2/c1-41-26-15-8-16-27(42-2)28(26)30(37)33-22-12-7-14-24(18-22)44-29(20-9-4-3-5-10-20)31(38)35-32-34-25(19-43-32)21-11-6-13-23(17-21)36(39)40/h3-19,29H,1-2H3,(H,33,37)(H,34,35,38). The summed E-state index contributed by atoms with van der Waals surface area (Å²) in [5.41, 5.74) is 2.63. The molecule has 1 heterocycles. The zero-order chi connectivity index (χ0) is 31.1. The van der Waals surface area contributed by atoms with Crippen LogP contribution in [0.1, 0.15) is 21.2 Å². The first kappa shape index (κ1) is 30.3. The van der Waals surface area contributed by atoms with Crippen molar-refractivity contribution < 1.29 is 24.0 Å². The predicted molar refractivity (Wildman–Crippen MR) is 172 cm³/mol. The number of nitrogens with zero attached hydrogens (tertiary/aromatic N) is 2. The van der Waals surface area contributed by atoms with Crippen LogP contribution in [0.2, 0.25) is 0 Å². The first-order chi connectivity index (χ1) is 21.4. The molecule has 0 saturated carbocycles. The number of nitro groups is 1. The molecule has 5 aromatic rings. The molecule has 0 saturated heterocycles. The van der Waals surface area contributed by atoms with Crippen LogP contribution < -0.4 is 20.1 Å². The molecule has 0 aliphatic rings. The lowest BCUT2D eigenvalue weighted by atomic mass is 10.1. The third kappa shape index (κ3) is 7.05. The van der Waals surface area contributed by atoms with Crippen LogP contribution in [0.15, 0.2) is 107 Å². The maximum atomic E-state index is 13.6. The molecular weight excluding hydrogens is 601 g/mol. The average Bonchev–Trinajstić information content (AvgIpc) is 3.52. The Hall–Kier alpha value is -5.20. The normalized spacial score (nSPS) is 11.3. The van der Waals surface area contributed by atoms with E-state index in [1.165, 1.54) is 49.5 Å². The number of nitrogens with one attached hydrogen (secondary N) is 2. The van der Waals surface area contributed by atoms with Crippen LogP contribution >= 0.6 is 23.1 Å². The molecule has 44 heavy (non-hydrogen) atoms. The molecule has 2 amide bonds. The third-order valence-electron chi connectivity index (χ3n) is 6.43. The van der Waals surface area contributed by atoms with Crippen LogP contribution in [0, 0.1) is 10.1 Å². The summed E-state index contributed by atoms with van der Waals surface area (Å²) in [7, 11) is 2.97. The summed E-state index contributed by atoms with van der Waals surface area (Å²) in [5, 5.41) is 18.4. The fourth-order valence-corrected chi connectivity index (χ4v) is 6.17. The highest BCUT2D eigenvalue weighted by Crippen LogP contribution is 2.38. The molecule has 10 nitrogen and oxygen atoms in total. The number of hydrogen-bond acceptors (Lipinski definition) is 9. The summed E-state index contributed by atoms with van der Waals surface area (Å²) in [6.45, 7) is 0. The van der Waals surface area contributed by atoms with Gasteiger partial charge in [-0.2, -0.15) is 0 Å². The summed E-state index contributed by atoms with van der Waals surface area (Å²) in [4.78, 5) is 42.8. The lowest BCUT2D eigenvalue weighted by molar-refractivity contribution is -0.384. The second-order valence-corrected chi connectivity index (χ2v) is 11.3. The van der Waals surface area contributed by atoms with E-state index in [9.17, 15) is 19.7 Å². The number of rotatable bonds is 11. The van der Waals surface area contributed by atoms with E-state index in [4.69, 9.17) is 9.47 Å². The Labute approximate surface area is 261 Å². The third-order valence-corrected chi connectivity index (χ3v) is 8.43. The molecule has 0 bridgehead atoms. The molecule has 0 radical (unpaired) electrons. The van der Waals surface area contributed by atoms with E-state index in [0.29, 0.717) is 33.6 Å². The fourth-order valence-electron chi connectivity index (χ4n) is 4.37. The van der Waals surface area contributed by atoms with Crippen LogP contribution in [0.25, 0.3) is 11.3 Å². The molecular formula is C32H26N4O6S2. The minimum Gasteiger partial charge on any atom is -0.496 e. The number of non-ortho nitro benzene ring substituents is 1. The summed E-state index contributed by atoms with van der Waals surface area (Å²) in [5.74, 6) is 0.0597. The van der Waals surface area contributed by atoms with Crippen molar-refractivity contribution in [3.8, 4) is 22.8 Å². The smallest absolute Gasteiger partial charge is 0.270 e. The fraction of sp³-hybridized carbons (Fsp3) is 0.0938. The van der Waals surface area contributed by atoms with Gasteiger partial charge in [0.2, 0.25) is 5.91 Å². The minimum atomic E-state index is -0.651. The van der Waals surface area contributed by atoms with Crippen molar-refractivity contribution in [3.63, 3.8) is 0 Å². The zero-order valence-corrected chi connectivity index (χ0v) is 25.2. The van der Waals surface area contributed by atoms with Crippen molar-refractivity contribution >= 4 is 51.4 Å². The number of methoxy groups -OCH3 is 2. The molecule has 5 rings (SSSR count). The number of hydrogen-bond donors (Lipinski definition) is 2. The molecule has 4 aromatic carbocycles. The topological polar surface area (TPSA) is 133 Å². The van der Waals surface area contributed by atoms with Crippen LogP contribution in [0.3, 0.4) is 0 Å². The van der Waals surface area contributed by atoms with Gasteiger partial charge in [0, 0.05) is 33.7 Å². The van der Waals surface area contributed by atoms with Crippen molar-refractivity contribution in [1.82, 2.24) is 4.98 Å². The number of thioether (sulfide) groups is 1. The first-order valence-corrected chi connectivity index (χ1v) is 15.0. The maximum absolute atomic E-state index is 13.6. The first-order valence-electron chi connectivity index (χ1n) is 13.2. The highest BCUT2D eigenvalue weighted by molar-refractivity contribution is 8.00. The van der Waals surface area contributed by atoms with Crippen LogP contribution in [0.5, 0.6) is 11.5 Å². The number of carbonyl (C=O) groups excluding carboxylic acids is 2. The highest BCUT2D eigenvalue weighted by atomic mass is 32.2. The molecule has 0 aliphatic carbocycles. The molecule has 12 heteroatoms. The van der Waals surface area contributed by atoms with Crippen LogP contribution in [0.4, 0.5) is 16.5 Å². The minimum absolute atomic E-state index is 0.0397. The summed E-state index contributed by atoms with van der Waals surface area (Å²) in [6, 6.07) is 27.8. The van der Waals surface area contributed by atoms with E-state index in [-0.39, 0.29) is 17.2 Å². The summed E-state index contributed by atoms with van der Waals surface area (Å²) < 4.78 is 10.7. The van der Waals surface area contributed by atoms with E-state index in [1.807, 2.05) is 36.4 Å². The Balaban J connectivity index is 1.35. The SMILES string of the molecule is COc1cccc(OC)c1C(=O)Nc1cccc(SC(C(=O)Nc2nc(-c3cccc([N+](=O)[O-])c3)cs2)c2ccccc2)c1. The number of ether oxygens (including phenoxy) is 2. The molecule has 1 atom stereocenters. The molecule has 2 N–H and O–H groups in total.